The van der Waals surface area contributed by atoms with E-state index in [-0.39, 0.29) is 24.5 Å². The van der Waals surface area contributed by atoms with Gasteiger partial charge < -0.3 is 24.0 Å². The van der Waals surface area contributed by atoms with Crippen molar-refractivity contribution in [2.75, 3.05) is 51.4 Å². The van der Waals surface area contributed by atoms with Crippen LogP contribution in [0, 0.1) is 11.8 Å². The summed E-state index contributed by atoms with van der Waals surface area (Å²) >= 11 is 6.51. The molecule has 6 nitrogen and oxygen atoms in total. The van der Waals surface area contributed by atoms with Crippen molar-refractivity contribution in [3.63, 3.8) is 0 Å². The zero-order valence-corrected chi connectivity index (χ0v) is 24.3. The Bertz CT molecular complexity index is 1270. The van der Waals surface area contributed by atoms with Gasteiger partial charge in [0.1, 0.15) is 11.5 Å². The first-order valence-corrected chi connectivity index (χ1v) is 14.6. The Morgan fingerprint density at radius 1 is 0.975 bits per heavy atom. The second-order valence-electron chi connectivity index (χ2n) is 11.0. The summed E-state index contributed by atoms with van der Waals surface area (Å²) in [6, 6.07) is 24.2. The molecular weight excluding hydrogens is 524 g/mol. The Kier molecular flexibility index (Phi) is 9.18. The molecule has 7 heteroatoms. The lowest BCUT2D eigenvalue weighted by Gasteiger charge is -2.39. The van der Waals surface area contributed by atoms with Crippen molar-refractivity contribution in [2.45, 2.75) is 32.3 Å². The SMILES string of the molecule is COc1ccc(N2CCN(C(=O)COc3cccc([C@@H]4OC[C@@H](c5ccccc5Cl)C[C@H]4C(C)C)c3)CC2)cc1. The molecule has 0 saturated carbocycles. The predicted octanol–water partition coefficient (Wildman–Crippen LogP) is 6.59. The van der Waals surface area contributed by atoms with E-state index in [1.54, 1.807) is 7.11 Å². The maximum atomic E-state index is 13.0. The van der Waals surface area contributed by atoms with Crippen molar-refractivity contribution >= 4 is 23.2 Å². The van der Waals surface area contributed by atoms with Crippen molar-refractivity contribution in [2.24, 2.45) is 11.8 Å². The molecule has 3 aromatic rings. The summed E-state index contributed by atoms with van der Waals surface area (Å²) in [7, 11) is 1.67. The summed E-state index contributed by atoms with van der Waals surface area (Å²) in [6.07, 6.45) is 0.988. The van der Waals surface area contributed by atoms with E-state index in [1.165, 1.54) is 0 Å². The molecule has 2 aliphatic rings. The Hall–Kier alpha value is -3.22. The number of ether oxygens (including phenoxy) is 3. The molecule has 1 amide bonds. The summed E-state index contributed by atoms with van der Waals surface area (Å²) < 4.78 is 17.7. The number of hydrogen-bond donors (Lipinski definition) is 0. The van der Waals surface area contributed by atoms with E-state index in [0.717, 1.165) is 47.1 Å². The molecule has 0 unspecified atom stereocenters. The molecule has 2 saturated heterocycles. The van der Waals surface area contributed by atoms with Gasteiger partial charge in [0.25, 0.3) is 5.91 Å². The third-order valence-electron chi connectivity index (χ3n) is 8.24. The van der Waals surface area contributed by atoms with Gasteiger partial charge in [-0.1, -0.05) is 55.8 Å². The number of amides is 1. The van der Waals surface area contributed by atoms with Crippen LogP contribution in [-0.4, -0.2) is 57.3 Å². The highest BCUT2D eigenvalue weighted by Gasteiger charge is 2.35. The fourth-order valence-electron chi connectivity index (χ4n) is 5.88. The minimum atomic E-state index is -0.0241. The topological polar surface area (TPSA) is 51.2 Å². The second kappa shape index (κ2) is 13.0. The first-order valence-electron chi connectivity index (χ1n) is 14.2. The maximum absolute atomic E-state index is 13.0. The Balaban J connectivity index is 1.16. The molecule has 0 spiro atoms. The van der Waals surface area contributed by atoms with Gasteiger partial charge in [-0.15, -0.1) is 0 Å². The molecule has 2 heterocycles. The predicted molar refractivity (Wildman–Crippen MR) is 160 cm³/mol. The smallest absolute Gasteiger partial charge is 0.260 e. The standard InChI is InChI=1S/C33H39ClN2O4/c1-23(2)30-20-25(29-9-4-5-10-31(29)34)21-40-33(30)24-7-6-8-28(19-24)39-22-32(37)36-17-15-35(16-18-36)26-11-13-27(38-3)14-12-26/h4-14,19,23,25,30,33H,15-18,20-22H2,1-3H3/t25-,30-,33-/m0/s1. The maximum Gasteiger partial charge on any atom is 0.260 e. The number of carbonyl (C=O) groups is 1. The molecule has 2 aliphatic heterocycles. The Morgan fingerprint density at radius 2 is 1.73 bits per heavy atom. The lowest BCUT2D eigenvalue weighted by molar-refractivity contribution is -0.133. The van der Waals surface area contributed by atoms with Crippen LogP contribution in [0.3, 0.4) is 0 Å². The van der Waals surface area contributed by atoms with E-state index in [2.05, 4.69) is 43.0 Å². The molecule has 5 rings (SSSR count). The first kappa shape index (κ1) is 28.3. The minimum absolute atomic E-state index is 0.0105. The third-order valence-corrected chi connectivity index (χ3v) is 8.59. The summed E-state index contributed by atoms with van der Waals surface area (Å²) in [4.78, 5) is 17.1. The van der Waals surface area contributed by atoms with E-state index in [9.17, 15) is 4.79 Å². The van der Waals surface area contributed by atoms with Gasteiger partial charge in [0.05, 0.1) is 19.8 Å². The molecule has 2 fully saturated rings. The number of nitrogens with zero attached hydrogens (tertiary/aromatic N) is 2. The number of methoxy groups -OCH3 is 1. The lowest BCUT2D eigenvalue weighted by Crippen LogP contribution is -2.50. The number of rotatable bonds is 8. The number of benzene rings is 3. The molecule has 0 bridgehead atoms. The monoisotopic (exact) mass is 562 g/mol. The number of anilines is 1. The van der Waals surface area contributed by atoms with Crippen molar-refractivity contribution in [3.8, 4) is 11.5 Å². The largest absolute Gasteiger partial charge is 0.497 e. The van der Waals surface area contributed by atoms with Gasteiger partial charge in [-0.3, -0.25) is 4.79 Å². The summed E-state index contributed by atoms with van der Waals surface area (Å²) in [5.41, 5.74) is 3.40. The van der Waals surface area contributed by atoms with Gasteiger partial charge in [-0.25, -0.2) is 0 Å². The van der Waals surface area contributed by atoms with Crippen LogP contribution in [0.1, 0.15) is 43.4 Å². The quantitative estimate of drug-likeness (QED) is 0.310. The molecule has 0 aliphatic carbocycles. The zero-order chi connectivity index (χ0) is 28.1. The molecule has 40 heavy (non-hydrogen) atoms. The highest BCUT2D eigenvalue weighted by molar-refractivity contribution is 6.31. The Labute approximate surface area is 242 Å². The number of carbonyl (C=O) groups excluding carboxylic acids is 1. The van der Waals surface area contributed by atoms with Crippen LogP contribution in [0.15, 0.2) is 72.8 Å². The average Bonchev–Trinajstić information content (AvgIpc) is 3.00. The number of piperazine rings is 1. The number of halogens is 1. The summed E-state index contributed by atoms with van der Waals surface area (Å²) in [5.74, 6) is 2.61. The third kappa shape index (κ3) is 6.56. The second-order valence-corrected chi connectivity index (χ2v) is 11.5. The van der Waals surface area contributed by atoms with Gasteiger partial charge >= 0.3 is 0 Å². The van der Waals surface area contributed by atoms with E-state index < -0.39 is 0 Å². The zero-order valence-electron chi connectivity index (χ0n) is 23.6. The number of hydrogen-bond acceptors (Lipinski definition) is 5. The van der Waals surface area contributed by atoms with Crippen LogP contribution in [0.4, 0.5) is 5.69 Å². The molecule has 212 valence electrons. The van der Waals surface area contributed by atoms with Crippen LogP contribution in [-0.2, 0) is 9.53 Å². The van der Waals surface area contributed by atoms with E-state index in [0.29, 0.717) is 37.3 Å². The molecule has 0 aromatic heterocycles. The molecular formula is C33H39ClN2O4. The minimum Gasteiger partial charge on any atom is -0.497 e. The van der Waals surface area contributed by atoms with Gasteiger partial charge in [-0.2, -0.15) is 0 Å². The highest BCUT2D eigenvalue weighted by atomic mass is 35.5. The van der Waals surface area contributed by atoms with Crippen molar-refractivity contribution in [3.05, 3.63) is 88.9 Å². The van der Waals surface area contributed by atoms with Crippen molar-refractivity contribution < 1.29 is 19.0 Å². The fourth-order valence-corrected chi connectivity index (χ4v) is 6.17. The van der Waals surface area contributed by atoms with Crippen molar-refractivity contribution in [1.82, 2.24) is 4.90 Å². The molecule has 3 atom stereocenters. The van der Waals surface area contributed by atoms with E-state index in [4.69, 9.17) is 25.8 Å². The van der Waals surface area contributed by atoms with Gasteiger partial charge in [0, 0.05) is 42.8 Å². The van der Waals surface area contributed by atoms with Crippen LogP contribution in [0.5, 0.6) is 11.5 Å². The normalized spacial score (nSPS) is 21.4. The molecule has 0 N–H and O–H groups in total. The van der Waals surface area contributed by atoms with E-state index in [1.807, 2.05) is 53.4 Å². The molecule has 3 aromatic carbocycles. The van der Waals surface area contributed by atoms with Crippen molar-refractivity contribution in [1.29, 1.82) is 0 Å². The van der Waals surface area contributed by atoms with E-state index >= 15 is 0 Å². The fraction of sp³-hybridized carbons (Fsp3) is 0.424. The lowest BCUT2D eigenvalue weighted by atomic mass is 9.76. The van der Waals surface area contributed by atoms with Crippen LogP contribution in [0.2, 0.25) is 5.02 Å². The highest BCUT2D eigenvalue weighted by Crippen LogP contribution is 2.45. The van der Waals surface area contributed by atoms with Crippen LogP contribution in [0.25, 0.3) is 0 Å². The van der Waals surface area contributed by atoms with Gasteiger partial charge in [-0.05, 0) is 71.8 Å². The Morgan fingerprint density at radius 3 is 2.42 bits per heavy atom. The van der Waals surface area contributed by atoms with Crippen LogP contribution < -0.4 is 14.4 Å². The average molecular weight is 563 g/mol. The first-order chi connectivity index (χ1) is 19.4. The summed E-state index contributed by atoms with van der Waals surface area (Å²) in [5, 5.41) is 0.805. The summed E-state index contributed by atoms with van der Waals surface area (Å²) in [6.45, 7) is 8.09. The van der Waals surface area contributed by atoms with Gasteiger partial charge in [0.15, 0.2) is 6.61 Å². The molecule has 0 radical (unpaired) electrons. The van der Waals surface area contributed by atoms with Crippen LogP contribution >= 0.6 is 11.6 Å². The van der Waals surface area contributed by atoms with Gasteiger partial charge in [0.2, 0.25) is 0 Å².